The lowest BCUT2D eigenvalue weighted by Gasteiger charge is -2.17. The first-order valence-corrected chi connectivity index (χ1v) is 6.45. The van der Waals surface area contributed by atoms with Crippen LogP contribution >= 0.6 is 0 Å². The Morgan fingerprint density at radius 1 is 1.00 bits per heavy atom. The number of likely N-dealkylation sites (N-methyl/N-ethyl adjacent to an activating group) is 1. The highest BCUT2D eigenvalue weighted by molar-refractivity contribution is 5.93. The van der Waals surface area contributed by atoms with Crippen LogP contribution in [0, 0.1) is 11.6 Å². The van der Waals surface area contributed by atoms with Gasteiger partial charge in [0.25, 0.3) is 5.91 Å². The largest absolute Gasteiger partial charge is 0.492 e. The molecular formula is C16H15F2NO2. The molecule has 0 aliphatic rings. The molecule has 0 radical (unpaired) electrons. The second kappa shape index (κ2) is 6.83. The third-order valence-corrected chi connectivity index (χ3v) is 2.95. The zero-order chi connectivity index (χ0) is 15.2. The van der Waals surface area contributed by atoms with Crippen molar-refractivity contribution < 1.29 is 18.3 Å². The van der Waals surface area contributed by atoms with Crippen LogP contribution in [0.25, 0.3) is 0 Å². The lowest BCUT2D eigenvalue weighted by Crippen LogP contribution is -2.30. The smallest absolute Gasteiger partial charge is 0.253 e. The van der Waals surface area contributed by atoms with Gasteiger partial charge in [-0.2, -0.15) is 0 Å². The van der Waals surface area contributed by atoms with E-state index in [1.54, 1.807) is 7.05 Å². The fourth-order valence-electron chi connectivity index (χ4n) is 1.75. The molecule has 0 fully saturated rings. The summed E-state index contributed by atoms with van der Waals surface area (Å²) in [5.74, 6) is -0.378. The molecule has 0 aliphatic carbocycles. The molecule has 3 nitrogen and oxygen atoms in total. The highest BCUT2D eigenvalue weighted by Crippen LogP contribution is 2.11. The van der Waals surface area contributed by atoms with Gasteiger partial charge in [-0.1, -0.05) is 0 Å². The molecule has 2 rings (SSSR count). The summed E-state index contributed by atoms with van der Waals surface area (Å²) in [6, 6.07) is 11.0. The third-order valence-electron chi connectivity index (χ3n) is 2.95. The number of amides is 1. The Morgan fingerprint density at radius 2 is 1.52 bits per heavy atom. The molecular weight excluding hydrogens is 276 g/mol. The highest BCUT2D eigenvalue weighted by atomic mass is 19.1. The van der Waals surface area contributed by atoms with Crippen LogP contribution in [0.5, 0.6) is 5.75 Å². The predicted molar refractivity (Wildman–Crippen MR) is 75.3 cm³/mol. The van der Waals surface area contributed by atoms with Crippen LogP contribution in [-0.4, -0.2) is 31.0 Å². The molecule has 0 saturated carbocycles. The van der Waals surface area contributed by atoms with E-state index in [1.807, 2.05) is 0 Å². The molecule has 2 aromatic carbocycles. The van der Waals surface area contributed by atoms with E-state index in [4.69, 9.17) is 4.74 Å². The van der Waals surface area contributed by atoms with Crippen molar-refractivity contribution in [1.29, 1.82) is 0 Å². The van der Waals surface area contributed by atoms with E-state index in [0.29, 0.717) is 17.9 Å². The van der Waals surface area contributed by atoms with Crippen molar-refractivity contribution in [2.75, 3.05) is 20.2 Å². The van der Waals surface area contributed by atoms with Crippen LogP contribution in [-0.2, 0) is 0 Å². The number of benzene rings is 2. The minimum absolute atomic E-state index is 0.210. The van der Waals surface area contributed by atoms with Gasteiger partial charge in [-0.25, -0.2) is 8.78 Å². The number of nitrogens with zero attached hydrogens (tertiary/aromatic N) is 1. The molecule has 0 N–H and O–H groups in total. The van der Waals surface area contributed by atoms with Gasteiger partial charge in [-0.15, -0.1) is 0 Å². The number of rotatable bonds is 5. The van der Waals surface area contributed by atoms with E-state index in [-0.39, 0.29) is 24.1 Å². The van der Waals surface area contributed by atoms with Gasteiger partial charge < -0.3 is 9.64 Å². The summed E-state index contributed by atoms with van der Waals surface area (Å²) in [5, 5.41) is 0. The molecule has 0 saturated heterocycles. The first-order chi connectivity index (χ1) is 10.1. The maximum Gasteiger partial charge on any atom is 0.253 e. The van der Waals surface area contributed by atoms with Gasteiger partial charge in [-0.05, 0) is 48.5 Å². The predicted octanol–water partition coefficient (Wildman–Crippen LogP) is 3.12. The zero-order valence-corrected chi connectivity index (χ0v) is 11.6. The second-order valence-electron chi connectivity index (χ2n) is 4.54. The number of carbonyl (C=O) groups excluding carboxylic acids is 1. The Hall–Kier alpha value is -2.43. The van der Waals surface area contributed by atoms with Crippen LogP contribution in [0.1, 0.15) is 10.4 Å². The maximum atomic E-state index is 12.8. The van der Waals surface area contributed by atoms with Crippen LogP contribution in [0.3, 0.4) is 0 Å². The van der Waals surface area contributed by atoms with Gasteiger partial charge in [0.2, 0.25) is 0 Å². The van der Waals surface area contributed by atoms with Crippen molar-refractivity contribution in [2.45, 2.75) is 0 Å². The Labute approximate surface area is 121 Å². The van der Waals surface area contributed by atoms with Gasteiger partial charge in [0.1, 0.15) is 24.0 Å². The summed E-state index contributed by atoms with van der Waals surface area (Å²) in [6.07, 6.45) is 0. The molecule has 1 amide bonds. The van der Waals surface area contributed by atoms with Crippen LogP contribution in [0.2, 0.25) is 0 Å². The van der Waals surface area contributed by atoms with Crippen molar-refractivity contribution in [3.05, 3.63) is 65.7 Å². The Morgan fingerprint density at radius 3 is 2.10 bits per heavy atom. The lowest BCUT2D eigenvalue weighted by molar-refractivity contribution is 0.0773. The van der Waals surface area contributed by atoms with Gasteiger partial charge in [-0.3, -0.25) is 4.79 Å². The van der Waals surface area contributed by atoms with Gasteiger partial charge >= 0.3 is 0 Å². The number of hydrogen-bond donors (Lipinski definition) is 0. The number of hydrogen-bond acceptors (Lipinski definition) is 2. The van der Waals surface area contributed by atoms with Gasteiger partial charge in [0.15, 0.2) is 0 Å². The third kappa shape index (κ3) is 4.27. The van der Waals surface area contributed by atoms with Gasteiger partial charge in [0.05, 0.1) is 6.54 Å². The van der Waals surface area contributed by atoms with E-state index in [0.717, 1.165) is 0 Å². The molecule has 0 unspecified atom stereocenters. The van der Waals surface area contributed by atoms with Crippen molar-refractivity contribution in [1.82, 2.24) is 4.90 Å². The average molecular weight is 291 g/mol. The highest BCUT2D eigenvalue weighted by Gasteiger charge is 2.11. The minimum Gasteiger partial charge on any atom is -0.492 e. The Kier molecular flexibility index (Phi) is 4.87. The molecule has 2 aromatic rings. The monoisotopic (exact) mass is 291 g/mol. The van der Waals surface area contributed by atoms with E-state index >= 15 is 0 Å². The fourth-order valence-corrected chi connectivity index (χ4v) is 1.75. The minimum atomic E-state index is -0.381. The molecule has 110 valence electrons. The summed E-state index contributed by atoms with van der Waals surface area (Å²) < 4.78 is 30.9. The molecule has 0 aromatic heterocycles. The zero-order valence-electron chi connectivity index (χ0n) is 11.6. The average Bonchev–Trinajstić information content (AvgIpc) is 2.49. The summed E-state index contributed by atoms with van der Waals surface area (Å²) in [4.78, 5) is 13.5. The van der Waals surface area contributed by atoms with Crippen molar-refractivity contribution in [3.8, 4) is 5.75 Å². The maximum absolute atomic E-state index is 12.8. The number of halogens is 2. The van der Waals surface area contributed by atoms with E-state index in [9.17, 15) is 13.6 Å². The fraction of sp³-hybridized carbons (Fsp3) is 0.188. The summed E-state index contributed by atoms with van der Waals surface area (Å²) >= 11 is 0. The number of ether oxygens (including phenoxy) is 1. The summed E-state index contributed by atoms with van der Waals surface area (Å²) in [7, 11) is 1.64. The van der Waals surface area contributed by atoms with E-state index < -0.39 is 0 Å². The standard InChI is InChI=1S/C16H15F2NO2/c1-19(16(20)12-2-4-13(17)5-3-12)10-11-21-15-8-6-14(18)7-9-15/h2-9H,10-11H2,1H3. The first kappa shape index (κ1) is 15.0. The van der Waals surface area contributed by atoms with Gasteiger partial charge in [0, 0.05) is 12.6 Å². The topological polar surface area (TPSA) is 29.5 Å². The van der Waals surface area contributed by atoms with Crippen LogP contribution in [0.15, 0.2) is 48.5 Å². The van der Waals surface area contributed by atoms with Crippen LogP contribution < -0.4 is 4.74 Å². The second-order valence-corrected chi connectivity index (χ2v) is 4.54. The molecule has 0 spiro atoms. The van der Waals surface area contributed by atoms with E-state index in [1.165, 1.54) is 53.4 Å². The Bertz CT molecular complexity index is 597. The van der Waals surface area contributed by atoms with Crippen molar-refractivity contribution in [2.24, 2.45) is 0 Å². The molecule has 0 atom stereocenters. The quantitative estimate of drug-likeness (QED) is 0.847. The lowest BCUT2D eigenvalue weighted by atomic mass is 10.2. The molecule has 5 heteroatoms. The SMILES string of the molecule is CN(CCOc1ccc(F)cc1)C(=O)c1ccc(F)cc1. The first-order valence-electron chi connectivity index (χ1n) is 6.45. The normalized spacial score (nSPS) is 10.2. The summed E-state index contributed by atoms with van der Waals surface area (Å²) in [6.45, 7) is 0.655. The molecule has 0 heterocycles. The molecule has 0 bridgehead atoms. The van der Waals surface area contributed by atoms with Crippen molar-refractivity contribution in [3.63, 3.8) is 0 Å². The van der Waals surface area contributed by atoms with E-state index in [2.05, 4.69) is 0 Å². The Balaban J connectivity index is 1.83. The number of carbonyl (C=O) groups is 1. The molecule has 0 aliphatic heterocycles. The summed E-state index contributed by atoms with van der Waals surface area (Å²) in [5.41, 5.74) is 0.417. The van der Waals surface area contributed by atoms with Crippen molar-refractivity contribution >= 4 is 5.91 Å². The molecule has 21 heavy (non-hydrogen) atoms. The van der Waals surface area contributed by atoms with Crippen LogP contribution in [0.4, 0.5) is 8.78 Å².